The Hall–Kier alpha value is -0.730. The zero-order valence-corrected chi connectivity index (χ0v) is 13.3. The van der Waals surface area contributed by atoms with E-state index in [1.165, 1.54) is 0 Å². The van der Waals surface area contributed by atoms with Crippen molar-refractivity contribution in [3.63, 3.8) is 0 Å². The van der Waals surface area contributed by atoms with Crippen LogP contribution in [0.15, 0.2) is 0 Å². The van der Waals surface area contributed by atoms with Crippen LogP contribution >= 0.6 is 12.2 Å². The molecule has 0 heterocycles. The molecule has 1 rings (SSSR count). The van der Waals surface area contributed by atoms with E-state index in [1.54, 1.807) is 6.92 Å². The maximum atomic E-state index is 12.1. The number of sulfonamides is 1. The molecule has 0 unspecified atom stereocenters. The summed E-state index contributed by atoms with van der Waals surface area (Å²) in [6.07, 6.45) is 3.88. The van der Waals surface area contributed by atoms with Gasteiger partial charge in [-0.15, -0.1) is 0 Å². The molecule has 0 atom stereocenters. The summed E-state index contributed by atoms with van der Waals surface area (Å²) in [5, 5.41) is 0. The molecule has 0 bridgehead atoms. The molecule has 0 saturated heterocycles. The lowest BCUT2D eigenvalue weighted by Gasteiger charge is -2.36. The summed E-state index contributed by atoms with van der Waals surface area (Å²) in [5.41, 5.74) is 4.89. The van der Waals surface area contributed by atoms with Gasteiger partial charge in [0.05, 0.1) is 29.3 Å². The molecule has 0 aliphatic heterocycles. The highest BCUT2D eigenvalue weighted by molar-refractivity contribution is 7.89. The largest absolute Gasteiger partial charge is 0.466 e. The molecular weight excluding hydrogens is 300 g/mol. The Balaban J connectivity index is 2.67. The van der Waals surface area contributed by atoms with Gasteiger partial charge in [-0.1, -0.05) is 31.5 Å². The van der Waals surface area contributed by atoms with Crippen molar-refractivity contribution < 1.29 is 17.9 Å². The van der Waals surface area contributed by atoms with Crippen molar-refractivity contribution in [1.82, 2.24) is 4.72 Å². The van der Waals surface area contributed by atoms with Crippen LogP contribution in [0.25, 0.3) is 0 Å². The zero-order chi connectivity index (χ0) is 15.2. The number of rotatable bonds is 7. The fourth-order valence-electron chi connectivity index (χ4n) is 2.35. The van der Waals surface area contributed by atoms with E-state index in [0.29, 0.717) is 12.8 Å². The van der Waals surface area contributed by atoms with Crippen LogP contribution in [0.5, 0.6) is 0 Å². The molecule has 1 fully saturated rings. The maximum Gasteiger partial charge on any atom is 0.306 e. The summed E-state index contributed by atoms with van der Waals surface area (Å²) in [7, 11) is -3.62. The molecule has 0 radical (unpaired) electrons. The quantitative estimate of drug-likeness (QED) is 0.532. The molecule has 8 heteroatoms. The van der Waals surface area contributed by atoms with E-state index in [0.717, 1.165) is 19.3 Å². The average molecular weight is 322 g/mol. The SMILES string of the molecule is CCOC(=O)CCS(=O)(=O)NC1(C(N)=S)CCCCC1. The van der Waals surface area contributed by atoms with E-state index in [9.17, 15) is 13.2 Å². The maximum absolute atomic E-state index is 12.1. The van der Waals surface area contributed by atoms with Gasteiger partial charge in [0.15, 0.2) is 0 Å². The highest BCUT2D eigenvalue weighted by Crippen LogP contribution is 2.29. The Morgan fingerprint density at radius 1 is 1.35 bits per heavy atom. The van der Waals surface area contributed by atoms with Crippen LogP contribution in [0.2, 0.25) is 0 Å². The molecule has 20 heavy (non-hydrogen) atoms. The molecule has 0 aromatic rings. The minimum Gasteiger partial charge on any atom is -0.466 e. The summed E-state index contributed by atoms with van der Waals surface area (Å²) >= 11 is 5.03. The lowest BCUT2D eigenvalue weighted by molar-refractivity contribution is -0.142. The number of hydrogen-bond donors (Lipinski definition) is 2. The van der Waals surface area contributed by atoms with Crippen LogP contribution < -0.4 is 10.5 Å². The van der Waals surface area contributed by atoms with Crippen LogP contribution in [-0.4, -0.2) is 37.3 Å². The second-order valence-corrected chi connectivity index (χ2v) is 7.26. The molecule has 0 amide bonds. The molecule has 6 nitrogen and oxygen atoms in total. The molecule has 1 aliphatic rings. The number of thiocarbonyl (C=S) groups is 1. The van der Waals surface area contributed by atoms with Crippen LogP contribution in [-0.2, 0) is 19.6 Å². The number of nitrogens with one attached hydrogen (secondary N) is 1. The van der Waals surface area contributed by atoms with Crippen molar-refractivity contribution in [2.45, 2.75) is 51.0 Å². The van der Waals surface area contributed by atoms with E-state index in [-0.39, 0.29) is 23.8 Å². The minimum atomic E-state index is -3.62. The van der Waals surface area contributed by atoms with Crippen molar-refractivity contribution in [1.29, 1.82) is 0 Å². The number of ether oxygens (including phenoxy) is 1. The van der Waals surface area contributed by atoms with Crippen molar-refractivity contribution in [2.75, 3.05) is 12.4 Å². The molecule has 3 N–H and O–H groups in total. The van der Waals surface area contributed by atoms with Crippen LogP contribution in [0.3, 0.4) is 0 Å². The number of carbonyl (C=O) groups excluding carboxylic acids is 1. The van der Waals surface area contributed by atoms with Crippen molar-refractivity contribution in [3.8, 4) is 0 Å². The fraction of sp³-hybridized carbons (Fsp3) is 0.833. The monoisotopic (exact) mass is 322 g/mol. The molecule has 1 saturated carbocycles. The minimum absolute atomic E-state index is 0.170. The summed E-state index contributed by atoms with van der Waals surface area (Å²) < 4.78 is 31.5. The Bertz CT molecular complexity index is 456. The van der Waals surface area contributed by atoms with Gasteiger partial charge in [-0.05, 0) is 19.8 Å². The number of carbonyl (C=O) groups is 1. The van der Waals surface area contributed by atoms with Gasteiger partial charge in [0.1, 0.15) is 0 Å². The standard InChI is InChI=1S/C12H22N2O4S2/c1-2-18-10(15)6-9-20(16,17)14-12(11(13)19)7-4-3-5-8-12/h14H,2-9H2,1H3,(H2,13,19). The molecule has 1 aliphatic carbocycles. The van der Waals surface area contributed by atoms with E-state index < -0.39 is 21.5 Å². The fourth-order valence-corrected chi connectivity index (χ4v) is 4.12. The van der Waals surface area contributed by atoms with Gasteiger partial charge in [-0.25, -0.2) is 13.1 Å². The molecule has 116 valence electrons. The zero-order valence-electron chi connectivity index (χ0n) is 11.7. The lowest BCUT2D eigenvalue weighted by atomic mass is 9.82. The molecular formula is C12H22N2O4S2. The first-order valence-electron chi connectivity index (χ1n) is 6.78. The highest BCUT2D eigenvalue weighted by atomic mass is 32.2. The first-order chi connectivity index (χ1) is 9.31. The summed E-state index contributed by atoms with van der Waals surface area (Å²) in [5.74, 6) is -0.832. The third kappa shape index (κ3) is 4.99. The first-order valence-corrected chi connectivity index (χ1v) is 8.84. The van der Waals surface area contributed by atoms with Gasteiger partial charge < -0.3 is 10.5 Å². The first kappa shape index (κ1) is 17.3. The number of nitrogens with two attached hydrogens (primary N) is 1. The van der Waals surface area contributed by atoms with Gasteiger partial charge in [0.25, 0.3) is 0 Å². The molecule has 0 aromatic heterocycles. The van der Waals surface area contributed by atoms with Crippen molar-refractivity contribution in [2.24, 2.45) is 5.73 Å². The van der Waals surface area contributed by atoms with Crippen molar-refractivity contribution >= 4 is 33.2 Å². The van der Waals surface area contributed by atoms with Crippen LogP contribution in [0.4, 0.5) is 0 Å². The number of esters is 1. The second kappa shape index (κ2) is 7.33. The highest BCUT2D eigenvalue weighted by Gasteiger charge is 2.38. The molecule has 0 aromatic carbocycles. The van der Waals surface area contributed by atoms with Crippen LogP contribution in [0, 0.1) is 0 Å². The van der Waals surface area contributed by atoms with Gasteiger partial charge >= 0.3 is 5.97 Å². The van der Waals surface area contributed by atoms with E-state index >= 15 is 0 Å². The summed E-state index contributed by atoms with van der Waals surface area (Å²) in [6, 6.07) is 0. The second-order valence-electron chi connectivity index (χ2n) is 4.98. The van der Waals surface area contributed by atoms with Gasteiger partial charge in [0.2, 0.25) is 10.0 Å². The van der Waals surface area contributed by atoms with E-state index in [1.807, 2.05) is 0 Å². The molecule has 0 spiro atoms. The Morgan fingerprint density at radius 2 is 1.95 bits per heavy atom. The van der Waals surface area contributed by atoms with Crippen LogP contribution in [0.1, 0.15) is 45.4 Å². The Morgan fingerprint density at radius 3 is 2.45 bits per heavy atom. The van der Waals surface area contributed by atoms with Gasteiger partial charge in [-0.3, -0.25) is 4.79 Å². The van der Waals surface area contributed by atoms with Crippen molar-refractivity contribution in [3.05, 3.63) is 0 Å². The normalized spacial score (nSPS) is 18.4. The lowest BCUT2D eigenvalue weighted by Crippen LogP contribution is -2.58. The summed E-state index contributed by atoms with van der Waals surface area (Å²) in [6.45, 7) is 1.91. The third-order valence-corrected chi connectivity index (χ3v) is 5.24. The number of hydrogen-bond acceptors (Lipinski definition) is 5. The smallest absolute Gasteiger partial charge is 0.306 e. The average Bonchev–Trinajstić information content (AvgIpc) is 2.37. The van der Waals surface area contributed by atoms with E-state index in [4.69, 9.17) is 22.7 Å². The summed E-state index contributed by atoms with van der Waals surface area (Å²) in [4.78, 5) is 11.4. The van der Waals surface area contributed by atoms with Gasteiger partial charge in [0, 0.05) is 0 Å². The van der Waals surface area contributed by atoms with Gasteiger partial charge in [-0.2, -0.15) is 0 Å². The van der Waals surface area contributed by atoms with E-state index in [2.05, 4.69) is 4.72 Å². The third-order valence-electron chi connectivity index (χ3n) is 3.41. The Kier molecular flexibility index (Phi) is 6.35. The Labute approximate surface area is 125 Å². The predicted molar refractivity (Wildman–Crippen MR) is 80.8 cm³/mol. The predicted octanol–water partition coefficient (Wildman–Crippen LogP) is 0.848. The topological polar surface area (TPSA) is 98.5 Å².